The molecule has 1 aromatic carbocycles. The second-order valence-corrected chi connectivity index (χ2v) is 7.35. The number of aromatic nitrogens is 2. The number of aliphatic hydroxyl groups excluding tert-OH is 1. The van der Waals surface area contributed by atoms with Crippen molar-refractivity contribution in [2.45, 2.75) is 32.2 Å². The number of hydrogen-bond donors (Lipinski definition) is 4. The van der Waals surface area contributed by atoms with E-state index >= 15 is 0 Å². The Hall–Kier alpha value is -2.91. The van der Waals surface area contributed by atoms with Gasteiger partial charge in [0, 0.05) is 25.6 Å². The zero-order valence-corrected chi connectivity index (χ0v) is 17.4. The molecule has 1 atom stereocenters. The van der Waals surface area contributed by atoms with E-state index in [-0.39, 0.29) is 17.9 Å². The Kier molecular flexibility index (Phi) is 7.42. The lowest BCUT2D eigenvalue weighted by atomic mass is 10.1. The summed E-state index contributed by atoms with van der Waals surface area (Å²) in [4.78, 5) is 33.9. The van der Waals surface area contributed by atoms with Gasteiger partial charge in [0.1, 0.15) is 11.6 Å². The first kappa shape index (κ1) is 21.8. The minimum absolute atomic E-state index is 0.0283. The fourth-order valence-electron chi connectivity index (χ4n) is 3.20. The van der Waals surface area contributed by atoms with Crippen LogP contribution in [0.4, 0.5) is 23.1 Å². The van der Waals surface area contributed by atoms with Gasteiger partial charge in [-0.05, 0) is 25.0 Å². The summed E-state index contributed by atoms with van der Waals surface area (Å²) in [6.07, 6.45) is 3.54. The van der Waals surface area contributed by atoms with Crippen LogP contribution >= 0.6 is 11.6 Å². The first-order chi connectivity index (χ1) is 14.5. The lowest BCUT2D eigenvalue weighted by Gasteiger charge is -2.32. The number of para-hydroxylation sites is 2. The maximum atomic E-state index is 11.8. The largest absolute Gasteiger partial charge is 0.387 e. The standard InChI is InChI=1S/C20H25ClN6O3/c1-2-17(29)24-15-7-3-4-8-16(15)25-19-14(21)10-22-20(26-19)23-13-6-5-9-27(11-13)18(30)12-28/h3-4,7-8,10,13,28H,2,5-6,9,11-12H2,1H3,(H,24,29)(H2,22,23,25,26). The van der Waals surface area contributed by atoms with Crippen LogP contribution in [-0.4, -0.2) is 57.5 Å². The summed E-state index contributed by atoms with van der Waals surface area (Å²) in [5.74, 6) is 0.387. The van der Waals surface area contributed by atoms with Crippen LogP contribution in [0.15, 0.2) is 30.5 Å². The third kappa shape index (κ3) is 5.58. The van der Waals surface area contributed by atoms with Crippen molar-refractivity contribution < 1.29 is 14.7 Å². The average molecular weight is 433 g/mol. The molecule has 1 aliphatic rings. The van der Waals surface area contributed by atoms with Gasteiger partial charge in [0.2, 0.25) is 17.8 Å². The molecule has 1 saturated heterocycles. The highest BCUT2D eigenvalue weighted by Crippen LogP contribution is 2.29. The van der Waals surface area contributed by atoms with Crippen molar-refractivity contribution in [3.8, 4) is 0 Å². The Morgan fingerprint density at radius 3 is 2.80 bits per heavy atom. The SMILES string of the molecule is CCC(=O)Nc1ccccc1Nc1nc(NC2CCCN(C(=O)CO)C2)ncc1Cl. The third-order valence-corrected chi connectivity index (χ3v) is 5.04. The average Bonchev–Trinajstić information content (AvgIpc) is 2.76. The number of nitrogens with one attached hydrogen (secondary N) is 3. The predicted octanol–water partition coefficient (Wildman–Crippen LogP) is 2.62. The molecular formula is C20H25ClN6O3. The number of piperidine rings is 1. The number of halogens is 1. The van der Waals surface area contributed by atoms with Gasteiger partial charge in [0.15, 0.2) is 5.82 Å². The molecule has 4 N–H and O–H groups in total. The van der Waals surface area contributed by atoms with Crippen molar-refractivity contribution in [2.24, 2.45) is 0 Å². The fraction of sp³-hybridized carbons (Fsp3) is 0.400. The van der Waals surface area contributed by atoms with Crippen LogP contribution in [0.1, 0.15) is 26.2 Å². The highest BCUT2D eigenvalue weighted by atomic mass is 35.5. The van der Waals surface area contributed by atoms with E-state index in [4.69, 9.17) is 16.7 Å². The monoisotopic (exact) mass is 432 g/mol. The topological polar surface area (TPSA) is 119 Å². The molecule has 2 aromatic rings. The molecule has 0 spiro atoms. The van der Waals surface area contributed by atoms with E-state index in [1.54, 1.807) is 17.9 Å². The number of amides is 2. The Labute approximate surface area is 179 Å². The van der Waals surface area contributed by atoms with E-state index in [2.05, 4.69) is 25.9 Å². The van der Waals surface area contributed by atoms with Gasteiger partial charge in [-0.25, -0.2) is 4.98 Å². The molecule has 2 heterocycles. The number of nitrogens with zero attached hydrogens (tertiary/aromatic N) is 3. The van der Waals surface area contributed by atoms with Crippen LogP contribution in [0.2, 0.25) is 5.02 Å². The first-order valence-electron chi connectivity index (χ1n) is 9.83. The van der Waals surface area contributed by atoms with Crippen LogP contribution in [0, 0.1) is 0 Å². The fourth-order valence-corrected chi connectivity index (χ4v) is 3.33. The lowest BCUT2D eigenvalue weighted by Crippen LogP contribution is -2.46. The molecular weight excluding hydrogens is 408 g/mol. The number of aliphatic hydroxyl groups is 1. The summed E-state index contributed by atoms with van der Waals surface area (Å²) in [6, 6.07) is 7.25. The summed E-state index contributed by atoms with van der Waals surface area (Å²) in [5, 5.41) is 18.6. The Bertz CT molecular complexity index is 910. The molecule has 2 amide bonds. The maximum Gasteiger partial charge on any atom is 0.248 e. The molecule has 1 aliphatic heterocycles. The van der Waals surface area contributed by atoms with Crippen molar-refractivity contribution in [3.05, 3.63) is 35.5 Å². The van der Waals surface area contributed by atoms with Crippen LogP contribution in [0.3, 0.4) is 0 Å². The molecule has 9 nitrogen and oxygen atoms in total. The molecule has 0 radical (unpaired) electrons. The van der Waals surface area contributed by atoms with E-state index in [1.165, 1.54) is 6.20 Å². The van der Waals surface area contributed by atoms with Crippen LogP contribution in [0.5, 0.6) is 0 Å². The molecule has 0 bridgehead atoms. The van der Waals surface area contributed by atoms with E-state index in [0.29, 0.717) is 47.7 Å². The molecule has 1 fully saturated rings. The van der Waals surface area contributed by atoms with Gasteiger partial charge < -0.3 is 26.0 Å². The molecule has 1 aromatic heterocycles. The van der Waals surface area contributed by atoms with Gasteiger partial charge in [-0.15, -0.1) is 0 Å². The van der Waals surface area contributed by atoms with Crippen LogP contribution < -0.4 is 16.0 Å². The summed E-state index contributed by atoms with van der Waals surface area (Å²) in [7, 11) is 0. The van der Waals surface area contributed by atoms with Gasteiger partial charge >= 0.3 is 0 Å². The predicted molar refractivity (Wildman–Crippen MR) is 116 cm³/mol. The van der Waals surface area contributed by atoms with Gasteiger partial charge in [-0.2, -0.15) is 4.98 Å². The Balaban J connectivity index is 1.73. The molecule has 160 valence electrons. The summed E-state index contributed by atoms with van der Waals surface area (Å²) in [5.41, 5.74) is 1.28. The van der Waals surface area contributed by atoms with Gasteiger partial charge in [0.05, 0.1) is 17.6 Å². The third-order valence-electron chi connectivity index (χ3n) is 4.76. The molecule has 0 saturated carbocycles. The maximum absolute atomic E-state index is 11.8. The minimum atomic E-state index is -0.494. The number of rotatable bonds is 7. The van der Waals surface area contributed by atoms with Crippen LogP contribution in [-0.2, 0) is 9.59 Å². The highest BCUT2D eigenvalue weighted by Gasteiger charge is 2.23. The van der Waals surface area contributed by atoms with E-state index in [1.807, 2.05) is 18.2 Å². The van der Waals surface area contributed by atoms with Crippen molar-refractivity contribution >= 4 is 46.6 Å². The number of likely N-dealkylation sites (tertiary alicyclic amines) is 1. The highest BCUT2D eigenvalue weighted by molar-refractivity contribution is 6.33. The second kappa shape index (κ2) is 10.2. The number of carbonyl (C=O) groups excluding carboxylic acids is 2. The van der Waals surface area contributed by atoms with Crippen molar-refractivity contribution in [3.63, 3.8) is 0 Å². The lowest BCUT2D eigenvalue weighted by molar-refractivity contribution is -0.135. The molecule has 3 rings (SSSR count). The van der Waals surface area contributed by atoms with Crippen molar-refractivity contribution in [1.29, 1.82) is 0 Å². The zero-order chi connectivity index (χ0) is 21.5. The first-order valence-corrected chi connectivity index (χ1v) is 10.2. The van der Waals surface area contributed by atoms with Gasteiger partial charge in [-0.3, -0.25) is 9.59 Å². The number of hydrogen-bond acceptors (Lipinski definition) is 7. The van der Waals surface area contributed by atoms with E-state index < -0.39 is 6.61 Å². The quantitative estimate of drug-likeness (QED) is 0.530. The molecule has 10 heteroatoms. The van der Waals surface area contributed by atoms with Crippen molar-refractivity contribution in [1.82, 2.24) is 14.9 Å². The number of anilines is 4. The molecule has 0 aliphatic carbocycles. The van der Waals surface area contributed by atoms with Gasteiger partial charge in [0.25, 0.3) is 0 Å². The van der Waals surface area contributed by atoms with Crippen molar-refractivity contribution in [2.75, 3.05) is 35.6 Å². The normalized spacial score (nSPS) is 16.1. The smallest absolute Gasteiger partial charge is 0.248 e. The number of carbonyl (C=O) groups is 2. The molecule has 1 unspecified atom stereocenters. The summed E-state index contributed by atoms with van der Waals surface area (Å²) in [6.45, 7) is 2.39. The Morgan fingerprint density at radius 1 is 1.30 bits per heavy atom. The van der Waals surface area contributed by atoms with Crippen LogP contribution in [0.25, 0.3) is 0 Å². The summed E-state index contributed by atoms with van der Waals surface area (Å²) < 4.78 is 0. The van der Waals surface area contributed by atoms with E-state index in [0.717, 1.165) is 12.8 Å². The van der Waals surface area contributed by atoms with Gasteiger partial charge in [-0.1, -0.05) is 30.7 Å². The second-order valence-electron chi connectivity index (χ2n) is 6.94. The Morgan fingerprint density at radius 2 is 2.07 bits per heavy atom. The minimum Gasteiger partial charge on any atom is -0.387 e. The summed E-state index contributed by atoms with van der Waals surface area (Å²) >= 11 is 6.27. The molecule has 30 heavy (non-hydrogen) atoms. The number of benzene rings is 1. The zero-order valence-electron chi connectivity index (χ0n) is 16.7. The van der Waals surface area contributed by atoms with E-state index in [9.17, 15) is 9.59 Å².